The monoisotopic (exact) mass is 357 g/mol. The molecule has 1 aliphatic heterocycles. The summed E-state index contributed by atoms with van der Waals surface area (Å²) in [4.78, 5) is 26.9. The molecule has 142 valence electrons. The number of amides is 2. The van der Waals surface area contributed by atoms with Crippen molar-refractivity contribution in [2.24, 2.45) is 5.92 Å². The highest BCUT2D eigenvalue weighted by Gasteiger charge is 2.33. The van der Waals surface area contributed by atoms with Gasteiger partial charge in [0.1, 0.15) is 0 Å². The van der Waals surface area contributed by atoms with Gasteiger partial charge in [-0.1, -0.05) is 31.0 Å². The first-order chi connectivity index (χ1) is 12.5. The zero-order valence-electron chi connectivity index (χ0n) is 16.0. The van der Waals surface area contributed by atoms with Crippen LogP contribution in [0.3, 0.4) is 0 Å². The number of likely N-dealkylation sites (tertiary alicyclic amines) is 1. The normalized spacial score (nSPS) is 23.2. The number of aryl methyl sites for hydroxylation is 2. The Morgan fingerprint density at radius 1 is 1.04 bits per heavy atom. The summed E-state index contributed by atoms with van der Waals surface area (Å²) in [6.07, 6.45) is 7.62. The van der Waals surface area contributed by atoms with Crippen LogP contribution in [-0.4, -0.2) is 42.4 Å². The first kappa shape index (κ1) is 18.9. The highest BCUT2D eigenvalue weighted by molar-refractivity contribution is 5.95. The molecule has 1 aromatic carbocycles. The number of anilines is 1. The molecule has 0 radical (unpaired) electrons. The molecule has 2 fully saturated rings. The number of fused-ring (bicyclic) bond motifs is 1. The maximum atomic E-state index is 12.3. The van der Waals surface area contributed by atoms with Crippen LogP contribution in [0.1, 0.15) is 49.7 Å². The molecule has 2 aliphatic rings. The van der Waals surface area contributed by atoms with Crippen molar-refractivity contribution < 1.29 is 9.59 Å². The van der Waals surface area contributed by atoms with Crippen LogP contribution >= 0.6 is 0 Å². The van der Waals surface area contributed by atoms with E-state index in [2.05, 4.69) is 15.5 Å². The van der Waals surface area contributed by atoms with Crippen LogP contribution in [0.2, 0.25) is 0 Å². The minimum atomic E-state index is -0.176. The van der Waals surface area contributed by atoms with E-state index in [-0.39, 0.29) is 18.4 Å². The summed E-state index contributed by atoms with van der Waals surface area (Å²) in [7, 11) is 0. The Balaban J connectivity index is 1.47. The third kappa shape index (κ3) is 4.64. The first-order valence-corrected chi connectivity index (χ1v) is 9.91. The van der Waals surface area contributed by atoms with Crippen LogP contribution in [0, 0.1) is 19.8 Å². The predicted octanol–water partition coefficient (Wildman–Crippen LogP) is 3.01. The van der Waals surface area contributed by atoms with Crippen LogP contribution in [0.5, 0.6) is 0 Å². The molecule has 1 saturated carbocycles. The van der Waals surface area contributed by atoms with E-state index >= 15 is 0 Å². The van der Waals surface area contributed by atoms with E-state index in [0.29, 0.717) is 12.6 Å². The fourth-order valence-electron chi connectivity index (χ4n) is 4.54. The molecule has 0 bridgehead atoms. The molecule has 0 aromatic heterocycles. The molecule has 1 saturated heterocycles. The number of rotatable bonds is 5. The summed E-state index contributed by atoms with van der Waals surface area (Å²) in [5.41, 5.74) is 2.90. The molecular formula is C21H31N3O2. The van der Waals surface area contributed by atoms with E-state index < -0.39 is 0 Å². The number of nitrogens with zero attached hydrogens (tertiary/aromatic N) is 1. The molecule has 2 atom stereocenters. The van der Waals surface area contributed by atoms with Crippen molar-refractivity contribution in [3.05, 3.63) is 29.3 Å². The summed E-state index contributed by atoms with van der Waals surface area (Å²) in [5.74, 6) is 0.537. The van der Waals surface area contributed by atoms with Crippen molar-refractivity contribution in [1.29, 1.82) is 0 Å². The lowest BCUT2D eigenvalue weighted by molar-refractivity contribution is -0.126. The second-order valence-corrected chi connectivity index (χ2v) is 7.82. The fraction of sp³-hybridized carbons (Fsp3) is 0.619. The zero-order valence-corrected chi connectivity index (χ0v) is 16.0. The van der Waals surface area contributed by atoms with Gasteiger partial charge in [0.05, 0.1) is 13.1 Å². The first-order valence-electron chi connectivity index (χ1n) is 9.91. The number of para-hydroxylation sites is 1. The maximum absolute atomic E-state index is 12.3. The van der Waals surface area contributed by atoms with Gasteiger partial charge < -0.3 is 10.6 Å². The van der Waals surface area contributed by atoms with E-state index in [0.717, 1.165) is 29.3 Å². The molecule has 3 rings (SSSR count). The summed E-state index contributed by atoms with van der Waals surface area (Å²) >= 11 is 0. The van der Waals surface area contributed by atoms with Crippen molar-refractivity contribution in [3.8, 4) is 0 Å². The van der Waals surface area contributed by atoms with Crippen LogP contribution in [0.15, 0.2) is 18.2 Å². The third-order valence-electron chi connectivity index (χ3n) is 5.90. The summed E-state index contributed by atoms with van der Waals surface area (Å²) in [6.45, 7) is 5.38. The molecule has 5 heteroatoms. The van der Waals surface area contributed by atoms with E-state index in [1.807, 2.05) is 32.0 Å². The van der Waals surface area contributed by atoms with Crippen molar-refractivity contribution in [2.75, 3.05) is 25.0 Å². The molecular weight excluding hydrogens is 326 g/mol. The van der Waals surface area contributed by atoms with Crippen molar-refractivity contribution >= 4 is 17.5 Å². The van der Waals surface area contributed by atoms with Gasteiger partial charge in [-0.3, -0.25) is 14.5 Å². The molecule has 2 amide bonds. The number of piperidine rings is 1. The third-order valence-corrected chi connectivity index (χ3v) is 5.90. The van der Waals surface area contributed by atoms with Gasteiger partial charge >= 0.3 is 0 Å². The lowest BCUT2D eigenvalue weighted by Gasteiger charge is -2.43. The zero-order chi connectivity index (χ0) is 18.5. The van der Waals surface area contributed by atoms with Crippen molar-refractivity contribution in [1.82, 2.24) is 10.2 Å². The second-order valence-electron chi connectivity index (χ2n) is 7.82. The summed E-state index contributed by atoms with van der Waals surface area (Å²) in [6, 6.07) is 6.47. The SMILES string of the molecule is Cc1cccc(C)c1NC(=O)CNC(=O)CN1CCC[C@@H]2CCCC[C@@H]21. The molecule has 5 nitrogen and oxygen atoms in total. The average molecular weight is 357 g/mol. The van der Waals surface area contributed by atoms with E-state index in [1.54, 1.807) is 0 Å². The lowest BCUT2D eigenvalue weighted by Crippen LogP contribution is -2.51. The van der Waals surface area contributed by atoms with E-state index in [1.165, 1.54) is 38.5 Å². The summed E-state index contributed by atoms with van der Waals surface area (Å²) in [5, 5.41) is 5.71. The quantitative estimate of drug-likeness (QED) is 0.851. The Hall–Kier alpha value is -1.88. The summed E-state index contributed by atoms with van der Waals surface area (Å²) < 4.78 is 0. The van der Waals surface area contributed by atoms with Gasteiger partial charge in [-0.05, 0) is 63.1 Å². The van der Waals surface area contributed by atoms with Gasteiger partial charge in [0.25, 0.3) is 0 Å². The number of benzene rings is 1. The Morgan fingerprint density at radius 3 is 2.50 bits per heavy atom. The largest absolute Gasteiger partial charge is 0.346 e. The molecule has 1 heterocycles. The van der Waals surface area contributed by atoms with Crippen molar-refractivity contribution in [3.63, 3.8) is 0 Å². The van der Waals surface area contributed by atoms with Crippen LogP contribution in [-0.2, 0) is 9.59 Å². The van der Waals surface area contributed by atoms with Crippen LogP contribution in [0.4, 0.5) is 5.69 Å². The Labute approximate surface area is 156 Å². The molecule has 0 unspecified atom stereocenters. The standard InChI is InChI=1S/C21H31N3O2/c1-15-7-5-8-16(2)21(15)23-19(25)13-22-20(26)14-24-12-6-10-17-9-3-4-11-18(17)24/h5,7-8,17-18H,3-4,6,9-14H2,1-2H3,(H,22,26)(H,23,25)/t17-,18-/m0/s1. The second kappa shape index (κ2) is 8.67. The topological polar surface area (TPSA) is 61.4 Å². The van der Waals surface area contributed by atoms with Gasteiger partial charge in [0, 0.05) is 11.7 Å². The Kier molecular flexibility index (Phi) is 6.30. The molecule has 26 heavy (non-hydrogen) atoms. The highest BCUT2D eigenvalue weighted by Crippen LogP contribution is 2.34. The minimum Gasteiger partial charge on any atom is -0.346 e. The lowest BCUT2D eigenvalue weighted by atomic mass is 9.78. The van der Waals surface area contributed by atoms with E-state index in [4.69, 9.17) is 0 Å². The number of carbonyl (C=O) groups excluding carboxylic acids is 2. The van der Waals surface area contributed by atoms with Gasteiger partial charge in [-0.25, -0.2) is 0 Å². The van der Waals surface area contributed by atoms with Gasteiger partial charge in [0.15, 0.2) is 0 Å². The molecule has 1 aliphatic carbocycles. The Bertz CT molecular complexity index is 636. The number of nitrogens with one attached hydrogen (secondary N) is 2. The average Bonchev–Trinajstić information content (AvgIpc) is 2.63. The predicted molar refractivity (Wildman–Crippen MR) is 104 cm³/mol. The van der Waals surface area contributed by atoms with Crippen LogP contribution in [0.25, 0.3) is 0 Å². The van der Waals surface area contributed by atoms with Gasteiger partial charge in [0.2, 0.25) is 11.8 Å². The van der Waals surface area contributed by atoms with Crippen LogP contribution < -0.4 is 10.6 Å². The fourth-order valence-corrected chi connectivity index (χ4v) is 4.54. The van der Waals surface area contributed by atoms with E-state index in [9.17, 15) is 9.59 Å². The highest BCUT2D eigenvalue weighted by atomic mass is 16.2. The Morgan fingerprint density at radius 2 is 1.73 bits per heavy atom. The molecule has 2 N–H and O–H groups in total. The number of carbonyl (C=O) groups is 2. The maximum Gasteiger partial charge on any atom is 0.243 e. The van der Waals surface area contributed by atoms with Gasteiger partial charge in [-0.2, -0.15) is 0 Å². The van der Waals surface area contributed by atoms with Crippen molar-refractivity contribution in [2.45, 2.75) is 58.4 Å². The molecule has 0 spiro atoms. The smallest absolute Gasteiger partial charge is 0.243 e. The minimum absolute atomic E-state index is 0.0224. The number of hydrogen-bond acceptors (Lipinski definition) is 3. The van der Waals surface area contributed by atoms with Gasteiger partial charge in [-0.15, -0.1) is 0 Å². The number of hydrogen-bond donors (Lipinski definition) is 2. The molecule has 1 aromatic rings.